The van der Waals surface area contributed by atoms with Gasteiger partial charge in [-0.25, -0.2) is 4.79 Å². The number of amides is 2. The molecule has 0 unspecified atom stereocenters. The van der Waals surface area contributed by atoms with E-state index in [1.54, 1.807) is 18.3 Å². The van der Waals surface area contributed by atoms with Gasteiger partial charge in [-0.1, -0.05) is 35.5 Å². The Kier molecular flexibility index (Phi) is 3.95. The molecule has 4 rings (SSSR count). The topological polar surface area (TPSA) is 67.2 Å². The van der Waals surface area contributed by atoms with Crippen molar-refractivity contribution in [1.29, 1.82) is 0 Å². The Morgan fingerprint density at radius 1 is 1.08 bits per heavy atom. The summed E-state index contributed by atoms with van der Waals surface area (Å²) < 4.78 is 6.58. The van der Waals surface area contributed by atoms with Crippen molar-refractivity contribution in [3.63, 3.8) is 0 Å². The van der Waals surface area contributed by atoms with E-state index in [-0.39, 0.29) is 6.03 Å². The highest BCUT2D eigenvalue weighted by atomic mass is 32.1. The number of thiophene rings is 1. The molecule has 0 atom stereocenters. The van der Waals surface area contributed by atoms with Gasteiger partial charge in [0, 0.05) is 16.0 Å². The summed E-state index contributed by atoms with van der Waals surface area (Å²) in [6, 6.07) is 17.1. The minimum atomic E-state index is -0.335. The van der Waals surface area contributed by atoms with E-state index < -0.39 is 0 Å². The summed E-state index contributed by atoms with van der Waals surface area (Å²) in [5, 5.41) is 12.8. The maximum Gasteiger partial charge on any atom is 0.323 e. The van der Waals surface area contributed by atoms with E-state index >= 15 is 0 Å². The van der Waals surface area contributed by atoms with Crippen LogP contribution in [-0.4, -0.2) is 11.2 Å². The average molecular weight is 349 g/mol. The van der Waals surface area contributed by atoms with E-state index in [9.17, 15) is 4.79 Å². The Bertz CT molecular complexity index is 1040. The third-order valence-corrected chi connectivity index (χ3v) is 4.75. The zero-order valence-corrected chi connectivity index (χ0v) is 14.3. The van der Waals surface area contributed by atoms with Gasteiger partial charge >= 0.3 is 6.03 Å². The van der Waals surface area contributed by atoms with E-state index in [0.717, 1.165) is 16.6 Å². The molecule has 2 aromatic heterocycles. The summed E-state index contributed by atoms with van der Waals surface area (Å²) in [5.41, 5.74) is 2.79. The minimum Gasteiger partial charge on any atom is -0.354 e. The summed E-state index contributed by atoms with van der Waals surface area (Å²) in [6.45, 7) is 1.79. The van der Waals surface area contributed by atoms with Crippen LogP contribution in [0.4, 0.5) is 16.2 Å². The number of hydrogen-bond donors (Lipinski definition) is 2. The second kappa shape index (κ2) is 6.41. The molecule has 2 N–H and O–H groups in total. The number of aromatic nitrogens is 1. The van der Waals surface area contributed by atoms with Crippen LogP contribution in [0.25, 0.3) is 21.4 Å². The number of benzene rings is 2. The first kappa shape index (κ1) is 15.4. The van der Waals surface area contributed by atoms with E-state index in [2.05, 4.69) is 15.8 Å². The third-order valence-electron chi connectivity index (χ3n) is 3.85. The second-order valence-electron chi connectivity index (χ2n) is 5.59. The molecule has 0 bridgehead atoms. The van der Waals surface area contributed by atoms with E-state index in [1.165, 1.54) is 4.70 Å². The molecule has 0 radical (unpaired) electrons. The lowest BCUT2D eigenvalue weighted by Gasteiger charge is -2.08. The number of nitrogens with one attached hydrogen (secondary N) is 2. The minimum absolute atomic E-state index is 0.335. The molecule has 124 valence electrons. The lowest BCUT2D eigenvalue weighted by molar-refractivity contribution is 0.262. The highest BCUT2D eigenvalue weighted by molar-refractivity contribution is 7.17. The van der Waals surface area contributed by atoms with Crippen molar-refractivity contribution in [2.45, 2.75) is 6.92 Å². The fraction of sp³-hybridized carbons (Fsp3) is 0.0526. The van der Waals surface area contributed by atoms with Crippen LogP contribution in [0.2, 0.25) is 0 Å². The van der Waals surface area contributed by atoms with Crippen LogP contribution < -0.4 is 10.6 Å². The van der Waals surface area contributed by atoms with E-state index in [0.29, 0.717) is 17.1 Å². The van der Waals surface area contributed by atoms with Gasteiger partial charge in [-0.15, -0.1) is 11.3 Å². The highest BCUT2D eigenvalue weighted by Crippen LogP contribution is 2.31. The van der Waals surface area contributed by atoms with Crippen molar-refractivity contribution in [2.75, 3.05) is 10.6 Å². The van der Waals surface area contributed by atoms with E-state index in [1.807, 2.05) is 60.0 Å². The molecule has 2 heterocycles. The number of anilines is 2. The fourth-order valence-corrected chi connectivity index (χ4v) is 3.39. The van der Waals surface area contributed by atoms with Crippen LogP contribution in [0.3, 0.4) is 0 Å². The Hall–Kier alpha value is -3.12. The fourth-order valence-electron chi connectivity index (χ4n) is 2.62. The highest BCUT2D eigenvalue weighted by Gasteiger charge is 2.17. The molecule has 0 spiro atoms. The largest absolute Gasteiger partial charge is 0.354 e. The summed E-state index contributed by atoms with van der Waals surface area (Å²) in [6.07, 6.45) is 0. The molecule has 4 aromatic rings. The summed E-state index contributed by atoms with van der Waals surface area (Å²) >= 11 is 1.67. The lowest BCUT2D eigenvalue weighted by Crippen LogP contribution is -2.19. The molecule has 2 amide bonds. The molecule has 0 saturated carbocycles. The Morgan fingerprint density at radius 2 is 1.92 bits per heavy atom. The average Bonchev–Trinajstić information content (AvgIpc) is 3.22. The number of aryl methyl sites for hydroxylation is 1. The van der Waals surface area contributed by atoms with Crippen LogP contribution in [0.1, 0.15) is 5.69 Å². The monoisotopic (exact) mass is 349 g/mol. The van der Waals surface area contributed by atoms with Crippen LogP contribution >= 0.6 is 11.3 Å². The summed E-state index contributed by atoms with van der Waals surface area (Å²) in [4.78, 5) is 12.4. The Morgan fingerprint density at radius 3 is 2.76 bits per heavy atom. The predicted molar refractivity (Wildman–Crippen MR) is 101 cm³/mol. The number of carbonyl (C=O) groups excluding carboxylic acids is 1. The number of rotatable bonds is 3. The van der Waals surface area contributed by atoms with Crippen molar-refractivity contribution in [2.24, 2.45) is 0 Å². The molecular weight excluding hydrogens is 334 g/mol. The molecule has 6 heteroatoms. The molecule has 0 aliphatic heterocycles. The third kappa shape index (κ3) is 3.12. The van der Waals surface area contributed by atoms with Gasteiger partial charge in [0.05, 0.1) is 0 Å². The standard InChI is InChI=1S/C19H15N3O2S/c1-12-17(18(24-22-12)13-5-3-2-4-6-13)21-19(23)20-15-7-8-16-14(11-15)9-10-25-16/h2-11H,1H3,(H2,20,21,23). The van der Waals surface area contributed by atoms with Crippen molar-refractivity contribution in [3.8, 4) is 11.3 Å². The van der Waals surface area contributed by atoms with Crippen LogP contribution in [0.15, 0.2) is 64.5 Å². The smallest absolute Gasteiger partial charge is 0.323 e. The zero-order chi connectivity index (χ0) is 17.2. The number of fused-ring (bicyclic) bond motifs is 1. The van der Waals surface area contributed by atoms with Gasteiger partial charge in [0.25, 0.3) is 0 Å². The SMILES string of the molecule is Cc1noc(-c2ccccc2)c1NC(=O)Nc1ccc2sccc2c1. The van der Waals surface area contributed by atoms with Crippen molar-refractivity contribution in [1.82, 2.24) is 5.16 Å². The van der Waals surface area contributed by atoms with Crippen LogP contribution in [0, 0.1) is 6.92 Å². The first-order valence-electron chi connectivity index (χ1n) is 7.77. The summed E-state index contributed by atoms with van der Waals surface area (Å²) in [5.74, 6) is 0.543. The Balaban J connectivity index is 1.56. The predicted octanol–water partition coefficient (Wildman–Crippen LogP) is 5.51. The number of carbonyl (C=O) groups is 1. The second-order valence-corrected chi connectivity index (χ2v) is 6.54. The molecule has 0 aliphatic rings. The normalized spacial score (nSPS) is 10.8. The maximum atomic E-state index is 12.4. The van der Waals surface area contributed by atoms with E-state index in [4.69, 9.17) is 4.52 Å². The quantitative estimate of drug-likeness (QED) is 0.512. The molecule has 0 saturated heterocycles. The number of nitrogens with zero attached hydrogens (tertiary/aromatic N) is 1. The zero-order valence-electron chi connectivity index (χ0n) is 13.4. The molecule has 25 heavy (non-hydrogen) atoms. The van der Waals surface area contributed by atoms with Crippen LogP contribution in [-0.2, 0) is 0 Å². The molecule has 2 aromatic carbocycles. The first-order chi connectivity index (χ1) is 12.2. The van der Waals surface area contributed by atoms with Gasteiger partial charge < -0.3 is 15.2 Å². The van der Waals surface area contributed by atoms with Gasteiger partial charge in [0.15, 0.2) is 5.76 Å². The number of urea groups is 1. The molecular formula is C19H15N3O2S. The van der Waals surface area contributed by atoms with Crippen LogP contribution in [0.5, 0.6) is 0 Å². The van der Waals surface area contributed by atoms with Crippen molar-refractivity contribution < 1.29 is 9.32 Å². The van der Waals surface area contributed by atoms with Gasteiger partial charge in [-0.3, -0.25) is 0 Å². The van der Waals surface area contributed by atoms with Gasteiger partial charge in [0.2, 0.25) is 0 Å². The Labute approximate surface area is 148 Å². The van der Waals surface area contributed by atoms with Gasteiger partial charge in [-0.2, -0.15) is 0 Å². The first-order valence-corrected chi connectivity index (χ1v) is 8.65. The number of hydrogen-bond acceptors (Lipinski definition) is 4. The molecule has 0 fully saturated rings. The van der Waals surface area contributed by atoms with Gasteiger partial charge in [-0.05, 0) is 42.0 Å². The summed E-state index contributed by atoms with van der Waals surface area (Å²) in [7, 11) is 0. The van der Waals surface area contributed by atoms with Crippen molar-refractivity contribution in [3.05, 3.63) is 65.7 Å². The van der Waals surface area contributed by atoms with Crippen molar-refractivity contribution >= 4 is 38.8 Å². The maximum absolute atomic E-state index is 12.4. The molecule has 0 aliphatic carbocycles. The van der Waals surface area contributed by atoms with Gasteiger partial charge in [0.1, 0.15) is 11.4 Å². The lowest BCUT2D eigenvalue weighted by atomic mass is 10.1. The molecule has 5 nitrogen and oxygen atoms in total.